The number of hydrogen-bond acceptors (Lipinski definition) is 6. The van der Waals surface area contributed by atoms with Crippen molar-refractivity contribution in [2.75, 3.05) is 13.2 Å². The second-order valence-corrected chi connectivity index (χ2v) is 7.36. The minimum atomic E-state index is -0.587. The van der Waals surface area contributed by atoms with Gasteiger partial charge in [0.15, 0.2) is 10.7 Å². The van der Waals surface area contributed by atoms with Gasteiger partial charge in [0.05, 0.1) is 24.8 Å². The van der Waals surface area contributed by atoms with Crippen molar-refractivity contribution in [3.63, 3.8) is 0 Å². The van der Waals surface area contributed by atoms with Crippen LogP contribution in [0.15, 0.2) is 61.2 Å². The highest BCUT2D eigenvalue weighted by atomic mass is 79.9. The summed E-state index contributed by atoms with van der Waals surface area (Å²) in [4.78, 5) is 15.7. The zero-order valence-electron chi connectivity index (χ0n) is 16.3. The van der Waals surface area contributed by atoms with E-state index in [0.29, 0.717) is 24.3 Å². The molecule has 30 heavy (non-hydrogen) atoms. The Balaban J connectivity index is 1.33. The van der Waals surface area contributed by atoms with E-state index in [-0.39, 0.29) is 5.78 Å². The molecule has 3 aromatic rings. The highest BCUT2D eigenvalue weighted by molar-refractivity contribution is 9.09. The van der Waals surface area contributed by atoms with E-state index >= 15 is 0 Å². The molecule has 7 nitrogen and oxygen atoms in total. The Hall–Kier alpha value is -3.18. The summed E-state index contributed by atoms with van der Waals surface area (Å²) in [6, 6.07) is 16.3. The maximum Gasteiger partial charge on any atom is 0.198 e. The summed E-state index contributed by atoms with van der Waals surface area (Å²) in [5.41, 5.74) is 1.16. The lowest BCUT2D eigenvalue weighted by Crippen LogP contribution is -2.14. The van der Waals surface area contributed by atoms with Gasteiger partial charge in [0, 0.05) is 5.56 Å². The molecule has 1 heterocycles. The predicted octanol–water partition coefficient (Wildman–Crippen LogP) is 4.55. The van der Waals surface area contributed by atoms with Crippen molar-refractivity contribution in [1.29, 1.82) is 5.26 Å². The van der Waals surface area contributed by atoms with Gasteiger partial charge in [-0.3, -0.25) is 4.79 Å². The van der Waals surface area contributed by atoms with Crippen LogP contribution in [-0.4, -0.2) is 33.8 Å². The third-order valence-corrected chi connectivity index (χ3v) is 5.15. The van der Waals surface area contributed by atoms with Gasteiger partial charge in [-0.2, -0.15) is 10.4 Å². The third kappa shape index (κ3) is 6.16. The molecule has 0 N–H and O–H groups in total. The Morgan fingerprint density at radius 1 is 1.07 bits per heavy atom. The molecule has 0 fully saturated rings. The van der Waals surface area contributed by atoms with E-state index in [0.717, 1.165) is 30.8 Å². The van der Waals surface area contributed by atoms with Gasteiger partial charge in [-0.25, -0.2) is 9.67 Å². The number of unbranched alkanes of at least 4 members (excludes halogenated alkanes) is 2. The summed E-state index contributed by atoms with van der Waals surface area (Å²) >= 11 is 3.33. The molecular weight excluding hydrogens is 448 g/mol. The van der Waals surface area contributed by atoms with Crippen LogP contribution in [0.25, 0.3) is 0 Å². The smallest absolute Gasteiger partial charge is 0.198 e. The van der Waals surface area contributed by atoms with Gasteiger partial charge in [-0.1, -0.05) is 22.0 Å². The number of hydrogen-bond donors (Lipinski definition) is 0. The molecule has 0 aliphatic rings. The second kappa shape index (κ2) is 11.1. The van der Waals surface area contributed by atoms with E-state index in [1.54, 1.807) is 36.4 Å². The van der Waals surface area contributed by atoms with E-state index < -0.39 is 4.95 Å². The van der Waals surface area contributed by atoms with Crippen LogP contribution in [0.2, 0.25) is 0 Å². The summed E-state index contributed by atoms with van der Waals surface area (Å²) in [6.45, 7) is 1.20. The first-order valence-corrected chi connectivity index (χ1v) is 10.5. The average molecular weight is 469 g/mol. The maximum absolute atomic E-state index is 12.4. The Kier molecular flexibility index (Phi) is 7.98. The second-order valence-electron chi connectivity index (χ2n) is 6.50. The highest BCUT2D eigenvalue weighted by Gasteiger charge is 2.19. The Bertz CT molecular complexity index is 984. The molecule has 0 amide bonds. The predicted molar refractivity (Wildman–Crippen MR) is 115 cm³/mol. The minimum absolute atomic E-state index is 0.104. The number of nitrogens with zero attached hydrogens (tertiary/aromatic N) is 4. The van der Waals surface area contributed by atoms with Gasteiger partial charge in [0.1, 0.15) is 24.2 Å². The van der Waals surface area contributed by atoms with Crippen molar-refractivity contribution in [1.82, 2.24) is 14.8 Å². The summed E-state index contributed by atoms with van der Waals surface area (Å²) in [6.07, 6.45) is 5.65. The Morgan fingerprint density at radius 2 is 1.80 bits per heavy atom. The SMILES string of the molecule is N#Cc1cccc(OCCCCCOc2ccc(C(=O)C(Br)n3cncn3)cc2)c1. The van der Waals surface area contributed by atoms with Crippen molar-refractivity contribution >= 4 is 21.7 Å². The number of ketones is 1. The summed E-state index contributed by atoms with van der Waals surface area (Å²) in [7, 11) is 0. The summed E-state index contributed by atoms with van der Waals surface area (Å²) in [5, 5.41) is 12.9. The fourth-order valence-corrected chi connectivity index (χ4v) is 3.20. The number of alkyl halides is 1. The van der Waals surface area contributed by atoms with E-state index in [1.807, 2.05) is 12.1 Å². The van der Waals surface area contributed by atoms with Gasteiger partial charge in [0.2, 0.25) is 0 Å². The molecule has 0 saturated carbocycles. The Labute approximate surface area is 183 Å². The molecule has 0 aliphatic carbocycles. The molecule has 1 unspecified atom stereocenters. The first-order valence-electron chi connectivity index (χ1n) is 9.55. The van der Waals surface area contributed by atoms with Crippen LogP contribution in [0.3, 0.4) is 0 Å². The first-order chi connectivity index (χ1) is 14.7. The molecule has 1 atom stereocenters. The Morgan fingerprint density at radius 3 is 2.47 bits per heavy atom. The molecule has 1 aromatic heterocycles. The van der Waals surface area contributed by atoms with Gasteiger partial charge in [0.25, 0.3) is 0 Å². The topological polar surface area (TPSA) is 90.0 Å². The van der Waals surface area contributed by atoms with Gasteiger partial charge in [-0.05, 0) is 61.7 Å². The van der Waals surface area contributed by atoms with Crippen molar-refractivity contribution in [3.05, 3.63) is 72.3 Å². The molecule has 0 radical (unpaired) electrons. The maximum atomic E-state index is 12.4. The van der Waals surface area contributed by atoms with Crippen LogP contribution in [0.5, 0.6) is 11.5 Å². The molecule has 3 rings (SSSR count). The fourth-order valence-electron chi connectivity index (χ4n) is 2.72. The van der Waals surface area contributed by atoms with Crippen molar-refractivity contribution in [2.24, 2.45) is 0 Å². The van der Waals surface area contributed by atoms with E-state index in [9.17, 15) is 4.79 Å². The van der Waals surface area contributed by atoms with Crippen LogP contribution in [0.1, 0.15) is 40.1 Å². The first kappa shape index (κ1) is 21.5. The van der Waals surface area contributed by atoms with Crippen molar-refractivity contribution < 1.29 is 14.3 Å². The van der Waals surface area contributed by atoms with Gasteiger partial charge in [-0.15, -0.1) is 0 Å². The van der Waals surface area contributed by atoms with Crippen molar-refractivity contribution in [2.45, 2.75) is 24.2 Å². The normalized spacial score (nSPS) is 11.5. The lowest BCUT2D eigenvalue weighted by Gasteiger charge is -2.10. The molecular formula is C22H21BrN4O3. The lowest BCUT2D eigenvalue weighted by molar-refractivity contribution is 0.0965. The molecule has 0 spiro atoms. The molecule has 2 aromatic carbocycles. The lowest BCUT2D eigenvalue weighted by atomic mass is 10.1. The number of benzene rings is 2. The van der Waals surface area contributed by atoms with Crippen LogP contribution >= 0.6 is 15.9 Å². The van der Waals surface area contributed by atoms with Crippen LogP contribution in [0.4, 0.5) is 0 Å². The van der Waals surface area contributed by atoms with E-state index in [2.05, 4.69) is 32.1 Å². The number of carbonyl (C=O) groups is 1. The van der Waals surface area contributed by atoms with Crippen LogP contribution in [0, 0.1) is 11.3 Å². The number of rotatable bonds is 11. The number of halogens is 1. The summed E-state index contributed by atoms with van der Waals surface area (Å²) < 4.78 is 12.9. The number of Topliss-reactive ketones (excluding diaryl/α,β-unsaturated/α-hetero) is 1. The summed E-state index contributed by atoms with van der Waals surface area (Å²) in [5.74, 6) is 1.34. The van der Waals surface area contributed by atoms with Crippen molar-refractivity contribution in [3.8, 4) is 17.6 Å². The standard InChI is InChI=1S/C22H21BrN4O3/c23-22(27-16-25-15-26-27)21(28)18-7-9-19(10-8-18)29-11-2-1-3-12-30-20-6-4-5-17(13-20)14-24/h4-10,13,15-16,22H,1-3,11-12H2. The molecule has 154 valence electrons. The molecule has 8 heteroatoms. The number of nitriles is 1. The molecule has 0 bridgehead atoms. The number of aromatic nitrogens is 3. The van der Waals surface area contributed by atoms with Crippen LogP contribution in [-0.2, 0) is 0 Å². The fraction of sp³-hybridized carbons (Fsp3) is 0.273. The monoisotopic (exact) mass is 468 g/mol. The average Bonchev–Trinajstić information content (AvgIpc) is 3.33. The molecule has 0 saturated heterocycles. The van der Waals surface area contributed by atoms with E-state index in [4.69, 9.17) is 14.7 Å². The number of ether oxygens (including phenoxy) is 2. The number of carbonyl (C=O) groups excluding carboxylic acids is 1. The van der Waals surface area contributed by atoms with Gasteiger partial charge >= 0.3 is 0 Å². The highest BCUT2D eigenvalue weighted by Crippen LogP contribution is 2.21. The van der Waals surface area contributed by atoms with E-state index in [1.165, 1.54) is 17.3 Å². The minimum Gasteiger partial charge on any atom is -0.494 e. The van der Waals surface area contributed by atoms with Gasteiger partial charge < -0.3 is 9.47 Å². The molecule has 0 aliphatic heterocycles. The zero-order valence-corrected chi connectivity index (χ0v) is 17.9. The zero-order chi connectivity index (χ0) is 21.2. The quantitative estimate of drug-likeness (QED) is 0.233. The third-order valence-electron chi connectivity index (χ3n) is 4.31. The largest absolute Gasteiger partial charge is 0.494 e. The van der Waals surface area contributed by atoms with Crippen LogP contribution < -0.4 is 9.47 Å².